The summed E-state index contributed by atoms with van der Waals surface area (Å²) >= 11 is 0. The zero-order valence-corrected chi connectivity index (χ0v) is 17.7. The Morgan fingerprint density at radius 3 is 2.54 bits per heavy atom. The second kappa shape index (κ2) is 10.6. The largest absolute Gasteiger partial charge is 0.468 e. The minimum absolute atomic E-state index is 0.117. The Labute approximate surface area is 169 Å². The number of amides is 1. The quantitative estimate of drug-likeness (QED) is 0.671. The molecule has 2 unspecified atom stereocenters. The highest BCUT2D eigenvalue weighted by molar-refractivity contribution is 5.79. The molecule has 1 aromatic carbocycles. The molecule has 5 heteroatoms. The molecule has 3 N–H and O–H groups in total. The van der Waals surface area contributed by atoms with Crippen LogP contribution in [0.25, 0.3) is 0 Å². The second-order valence-corrected chi connectivity index (χ2v) is 8.58. The summed E-state index contributed by atoms with van der Waals surface area (Å²) in [4.78, 5) is 24.5. The van der Waals surface area contributed by atoms with Gasteiger partial charge in [0.2, 0.25) is 5.91 Å². The number of benzene rings is 1. The van der Waals surface area contributed by atoms with Crippen LogP contribution in [0.3, 0.4) is 0 Å². The molecule has 0 heterocycles. The molecule has 28 heavy (non-hydrogen) atoms. The molecule has 1 aliphatic rings. The van der Waals surface area contributed by atoms with Crippen LogP contribution in [0.15, 0.2) is 24.3 Å². The number of carbonyl (C=O) groups excluding carboxylic acids is 2. The molecule has 2 rings (SSSR count). The Bertz CT molecular complexity index is 659. The topological polar surface area (TPSA) is 81.4 Å². The summed E-state index contributed by atoms with van der Waals surface area (Å²) in [5.74, 6) is 1.52. The van der Waals surface area contributed by atoms with Crippen molar-refractivity contribution < 1.29 is 14.3 Å². The highest BCUT2D eigenvalue weighted by Crippen LogP contribution is 2.38. The Kier molecular flexibility index (Phi) is 8.49. The van der Waals surface area contributed by atoms with Gasteiger partial charge in [0.1, 0.15) is 6.04 Å². The molecular weight excluding hydrogens is 352 g/mol. The van der Waals surface area contributed by atoms with Crippen molar-refractivity contribution in [1.29, 1.82) is 0 Å². The predicted octanol–water partition coefficient (Wildman–Crippen LogP) is 3.10. The van der Waals surface area contributed by atoms with Gasteiger partial charge in [-0.3, -0.25) is 9.59 Å². The minimum atomic E-state index is -0.670. The molecule has 0 spiro atoms. The van der Waals surface area contributed by atoms with Crippen molar-refractivity contribution in [2.45, 2.75) is 58.9 Å². The monoisotopic (exact) mass is 388 g/mol. The molecule has 4 atom stereocenters. The first-order valence-electron chi connectivity index (χ1n) is 10.5. The number of rotatable bonds is 8. The summed E-state index contributed by atoms with van der Waals surface area (Å²) < 4.78 is 4.72. The van der Waals surface area contributed by atoms with Crippen LogP contribution < -0.4 is 11.1 Å². The van der Waals surface area contributed by atoms with Crippen molar-refractivity contribution in [3.8, 4) is 0 Å². The van der Waals surface area contributed by atoms with E-state index in [0.717, 1.165) is 30.4 Å². The van der Waals surface area contributed by atoms with E-state index >= 15 is 0 Å². The van der Waals surface area contributed by atoms with Gasteiger partial charge in [-0.2, -0.15) is 0 Å². The normalized spacial score (nSPS) is 23.3. The van der Waals surface area contributed by atoms with Gasteiger partial charge in [-0.25, -0.2) is 0 Å². The van der Waals surface area contributed by atoms with Crippen LogP contribution in [0.5, 0.6) is 0 Å². The third-order valence-electron chi connectivity index (χ3n) is 6.11. The Morgan fingerprint density at radius 2 is 1.89 bits per heavy atom. The van der Waals surface area contributed by atoms with Crippen molar-refractivity contribution in [3.63, 3.8) is 0 Å². The minimum Gasteiger partial charge on any atom is -0.468 e. The lowest BCUT2D eigenvalue weighted by atomic mass is 9.70. The Balaban J connectivity index is 1.93. The van der Waals surface area contributed by atoms with Crippen molar-refractivity contribution in [2.24, 2.45) is 29.4 Å². The lowest BCUT2D eigenvalue weighted by Crippen LogP contribution is -2.41. The summed E-state index contributed by atoms with van der Waals surface area (Å²) in [6.45, 7) is 7.29. The van der Waals surface area contributed by atoms with E-state index in [0.29, 0.717) is 30.7 Å². The number of nitrogens with two attached hydrogens (primary N) is 1. The fraction of sp³-hybridized carbons (Fsp3) is 0.652. The summed E-state index contributed by atoms with van der Waals surface area (Å²) in [7, 11) is 1.35. The van der Waals surface area contributed by atoms with Crippen LogP contribution in [-0.4, -0.2) is 31.6 Å². The van der Waals surface area contributed by atoms with Gasteiger partial charge in [0.05, 0.1) is 7.11 Å². The fourth-order valence-corrected chi connectivity index (χ4v) is 4.43. The van der Waals surface area contributed by atoms with E-state index in [9.17, 15) is 9.59 Å². The molecule has 0 radical (unpaired) electrons. The number of nitrogens with one attached hydrogen (secondary N) is 1. The van der Waals surface area contributed by atoms with E-state index in [4.69, 9.17) is 10.5 Å². The summed E-state index contributed by atoms with van der Waals surface area (Å²) in [5, 5.41) is 3.16. The third-order valence-corrected chi connectivity index (χ3v) is 6.11. The van der Waals surface area contributed by atoms with E-state index < -0.39 is 12.0 Å². The van der Waals surface area contributed by atoms with E-state index in [1.165, 1.54) is 13.5 Å². The first-order chi connectivity index (χ1) is 13.3. The summed E-state index contributed by atoms with van der Waals surface area (Å²) in [5.41, 5.74) is 8.05. The fourth-order valence-electron chi connectivity index (χ4n) is 4.43. The summed E-state index contributed by atoms with van der Waals surface area (Å²) in [6, 6.07) is 7.26. The number of carbonyl (C=O) groups is 2. The molecule has 1 aromatic rings. The van der Waals surface area contributed by atoms with Gasteiger partial charge in [-0.05, 0) is 54.6 Å². The average Bonchev–Trinajstić information content (AvgIpc) is 2.68. The maximum absolute atomic E-state index is 12.8. The van der Waals surface area contributed by atoms with Gasteiger partial charge in [0, 0.05) is 12.5 Å². The highest BCUT2D eigenvalue weighted by Gasteiger charge is 2.35. The van der Waals surface area contributed by atoms with Gasteiger partial charge in [-0.1, -0.05) is 51.5 Å². The van der Waals surface area contributed by atoms with Crippen LogP contribution in [0.2, 0.25) is 0 Å². The van der Waals surface area contributed by atoms with Crippen LogP contribution in [-0.2, 0) is 27.2 Å². The average molecular weight is 389 g/mol. The van der Waals surface area contributed by atoms with E-state index in [1.54, 1.807) is 0 Å². The third kappa shape index (κ3) is 6.06. The molecule has 0 aromatic heterocycles. The van der Waals surface area contributed by atoms with Crippen LogP contribution in [0.4, 0.5) is 0 Å². The number of esters is 1. The molecule has 1 amide bonds. The lowest BCUT2D eigenvalue weighted by Gasteiger charge is -2.36. The first kappa shape index (κ1) is 22.4. The van der Waals surface area contributed by atoms with Crippen LogP contribution in [0.1, 0.15) is 51.2 Å². The Hall–Kier alpha value is -1.88. The molecule has 0 saturated heterocycles. The van der Waals surface area contributed by atoms with E-state index in [-0.39, 0.29) is 11.8 Å². The molecular formula is C23H36N2O3. The first-order valence-corrected chi connectivity index (χ1v) is 10.5. The standard InChI is InChI=1S/C23H36N2O3/c1-15(2)19-10-9-16(3)13-20(19)22(26)25-12-11-17-7-5-6-8-18(17)14-21(24)23(27)28-4/h5-8,15-16,19-21H,9-14,24H2,1-4H3,(H,25,26)/t16?,19-,20+,21?/m0/s1. The van der Waals surface area contributed by atoms with Crippen molar-refractivity contribution in [3.05, 3.63) is 35.4 Å². The van der Waals surface area contributed by atoms with Gasteiger partial charge in [-0.15, -0.1) is 0 Å². The SMILES string of the molecule is COC(=O)C(N)Cc1ccccc1CCNC(=O)[C@@H]1CC(C)CC[C@H]1C(C)C. The van der Waals surface area contributed by atoms with E-state index in [2.05, 4.69) is 26.1 Å². The molecule has 1 aliphatic carbocycles. The zero-order chi connectivity index (χ0) is 20.7. The Morgan fingerprint density at radius 1 is 1.21 bits per heavy atom. The molecule has 0 bridgehead atoms. The number of hydrogen-bond acceptors (Lipinski definition) is 4. The number of methoxy groups -OCH3 is 1. The maximum Gasteiger partial charge on any atom is 0.322 e. The second-order valence-electron chi connectivity index (χ2n) is 8.58. The van der Waals surface area contributed by atoms with Crippen molar-refractivity contribution in [2.75, 3.05) is 13.7 Å². The van der Waals surface area contributed by atoms with Gasteiger partial charge < -0.3 is 15.8 Å². The van der Waals surface area contributed by atoms with Gasteiger partial charge >= 0.3 is 5.97 Å². The molecule has 1 saturated carbocycles. The van der Waals surface area contributed by atoms with Crippen LogP contribution >= 0.6 is 0 Å². The smallest absolute Gasteiger partial charge is 0.322 e. The number of hydrogen-bond donors (Lipinski definition) is 2. The van der Waals surface area contributed by atoms with Gasteiger partial charge in [0.15, 0.2) is 0 Å². The van der Waals surface area contributed by atoms with Gasteiger partial charge in [0.25, 0.3) is 0 Å². The van der Waals surface area contributed by atoms with Crippen LogP contribution in [0, 0.1) is 23.7 Å². The number of ether oxygens (including phenoxy) is 1. The maximum atomic E-state index is 12.8. The van der Waals surface area contributed by atoms with Crippen molar-refractivity contribution >= 4 is 11.9 Å². The predicted molar refractivity (Wildman–Crippen MR) is 112 cm³/mol. The van der Waals surface area contributed by atoms with E-state index in [1.807, 2.05) is 24.3 Å². The molecule has 1 fully saturated rings. The lowest BCUT2D eigenvalue weighted by molar-refractivity contribution is -0.142. The molecule has 5 nitrogen and oxygen atoms in total. The highest BCUT2D eigenvalue weighted by atomic mass is 16.5. The molecule has 0 aliphatic heterocycles. The molecule has 156 valence electrons. The zero-order valence-electron chi connectivity index (χ0n) is 17.7. The van der Waals surface area contributed by atoms with Crippen molar-refractivity contribution in [1.82, 2.24) is 5.32 Å². The summed E-state index contributed by atoms with van der Waals surface area (Å²) in [6.07, 6.45) is 4.52.